The van der Waals surface area contributed by atoms with Crippen molar-refractivity contribution in [3.8, 4) is 0 Å². The van der Waals surface area contributed by atoms with Crippen LogP contribution in [0.1, 0.15) is 43.1 Å². The maximum absolute atomic E-state index is 10.7. The second kappa shape index (κ2) is 5.49. The summed E-state index contributed by atoms with van der Waals surface area (Å²) in [5.41, 5.74) is 0.134. The van der Waals surface area contributed by atoms with Crippen LogP contribution < -0.4 is 5.32 Å². The minimum Gasteiger partial charge on any atom is -0.476 e. The Morgan fingerprint density at radius 1 is 1.65 bits per heavy atom. The molecule has 5 heteroatoms. The normalized spacial score (nSPS) is 24.5. The SMILES string of the molecule is CC1CCCC(CNc2nc(C(=O)O)cs2)C1. The van der Waals surface area contributed by atoms with Gasteiger partial charge in [0.05, 0.1) is 0 Å². The monoisotopic (exact) mass is 254 g/mol. The lowest BCUT2D eigenvalue weighted by Gasteiger charge is -2.26. The summed E-state index contributed by atoms with van der Waals surface area (Å²) in [6.45, 7) is 3.22. The number of aromatic nitrogens is 1. The number of nitrogens with zero attached hydrogens (tertiary/aromatic N) is 1. The zero-order valence-electron chi connectivity index (χ0n) is 9.98. The van der Waals surface area contributed by atoms with E-state index in [4.69, 9.17) is 5.11 Å². The van der Waals surface area contributed by atoms with E-state index in [1.54, 1.807) is 5.38 Å². The summed E-state index contributed by atoms with van der Waals surface area (Å²) < 4.78 is 0. The van der Waals surface area contributed by atoms with E-state index in [1.165, 1.54) is 37.0 Å². The number of thiazole rings is 1. The first kappa shape index (κ1) is 12.4. The van der Waals surface area contributed by atoms with E-state index < -0.39 is 5.97 Å². The van der Waals surface area contributed by atoms with Crippen molar-refractivity contribution in [1.29, 1.82) is 0 Å². The fourth-order valence-corrected chi connectivity index (χ4v) is 3.12. The average molecular weight is 254 g/mol. The summed E-state index contributed by atoms with van der Waals surface area (Å²) in [6.07, 6.45) is 5.20. The summed E-state index contributed by atoms with van der Waals surface area (Å²) in [6, 6.07) is 0. The van der Waals surface area contributed by atoms with Gasteiger partial charge in [-0.3, -0.25) is 0 Å². The van der Waals surface area contributed by atoms with E-state index in [-0.39, 0.29) is 5.69 Å². The summed E-state index contributed by atoms with van der Waals surface area (Å²) in [5.74, 6) is 0.568. The average Bonchev–Trinajstić information content (AvgIpc) is 2.75. The van der Waals surface area contributed by atoms with Crippen LogP contribution in [0, 0.1) is 11.8 Å². The molecular weight excluding hydrogens is 236 g/mol. The molecule has 17 heavy (non-hydrogen) atoms. The molecule has 0 aromatic carbocycles. The predicted molar refractivity (Wildman–Crippen MR) is 68.7 cm³/mol. The smallest absolute Gasteiger partial charge is 0.355 e. The largest absolute Gasteiger partial charge is 0.476 e. The van der Waals surface area contributed by atoms with Crippen LogP contribution in [0.2, 0.25) is 0 Å². The molecule has 4 nitrogen and oxygen atoms in total. The summed E-state index contributed by atoms with van der Waals surface area (Å²) in [4.78, 5) is 14.7. The second-order valence-corrected chi connectivity index (χ2v) is 5.72. The molecule has 2 unspecified atom stereocenters. The van der Waals surface area contributed by atoms with Gasteiger partial charge in [0.1, 0.15) is 0 Å². The van der Waals surface area contributed by atoms with Gasteiger partial charge >= 0.3 is 5.97 Å². The zero-order valence-corrected chi connectivity index (χ0v) is 10.8. The molecule has 1 aliphatic rings. The number of hydrogen-bond acceptors (Lipinski definition) is 4. The zero-order chi connectivity index (χ0) is 12.3. The molecule has 0 aliphatic heterocycles. The Labute approximate surface area is 105 Å². The number of carboxylic acid groups (broad SMARTS) is 1. The minimum absolute atomic E-state index is 0.134. The van der Waals surface area contributed by atoms with Gasteiger partial charge in [-0.1, -0.05) is 19.8 Å². The van der Waals surface area contributed by atoms with E-state index >= 15 is 0 Å². The van der Waals surface area contributed by atoms with E-state index in [1.807, 2.05) is 0 Å². The summed E-state index contributed by atoms with van der Waals surface area (Å²) >= 11 is 1.36. The van der Waals surface area contributed by atoms with Gasteiger partial charge in [-0.15, -0.1) is 11.3 Å². The molecule has 1 saturated carbocycles. The number of nitrogens with one attached hydrogen (secondary N) is 1. The maximum Gasteiger partial charge on any atom is 0.355 e. The fraction of sp³-hybridized carbons (Fsp3) is 0.667. The molecule has 1 aliphatic carbocycles. The Balaban J connectivity index is 1.82. The molecule has 1 heterocycles. The van der Waals surface area contributed by atoms with Crippen molar-refractivity contribution in [2.75, 3.05) is 11.9 Å². The van der Waals surface area contributed by atoms with Crippen LogP contribution in [0.15, 0.2) is 5.38 Å². The van der Waals surface area contributed by atoms with Crippen molar-refractivity contribution in [3.63, 3.8) is 0 Å². The van der Waals surface area contributed by atoms with Crippen molar-refractivity contribution >= 4 is 22.4 Å². The molecule has 2 atom stereocenters. The van der Waals surface area contributed by atoms with Gasteiger partial charge in [-0.25, -0.2) is 9.78 Å². The Bertz CT molecular complexity index is 392. The van der Waals surface area contributed by atoms with E-state index in [9.17, 15) is 4.79 Å². The second-order valence-electron chi connectivity index (χ2n) is 4.86. The third-order valence-electron chi connectivity index (χ3n) is 3.31. The van der Waals surface area contributed by atoms with Crippen LogP contribution in [0.4, 0.5) is 5.13 Å². The maximum atomic E-state index is 10.7. The van der Waals surface area contributed by atoms with Crippen molar-refractivity contribution < 1.29 is 9.90 Å². The number of rotatable bonds is 4. The first-order chi connectivity index (χ1) is 8.15. The highest BCUT2D eigenvalue weighted by molar-refractivity contribution is 7.13. The van der Waals surface area contributed by atoms with Crippen molar-refractivity contribution in [1.82, 2.24) is 4.98 Å². The molecule has 94 valence electrons. The third kappa shape index (κ3) is 3.43. The number of aromatic carboxylic acids is 1. The van der Waals surface area contributed by atoms with E-state index in [0.29, 0.717) is 5.92 Å². The summed E-state index contributed by atoms with van der Waals surface area (Å²) in [5, 5.41) is 14.3. The molecule has 1 fully saturated rings. The van der Waals surface area contributed by atoms with Crippen LogP contribution in [0.5, 0.6) is 0 Å². The lowest BCUT2D eigenvalue weighted by atomic mass is 9.82. The van der Waals surface area contributed by atoms with Gasteiger partial charge in [-0.2, -0.15) is 0 Å². The first-order valence-corrected chi connectivity index (χ1v) is 6.96. The topological polar surface area (TPSA) is 62.2 Å². The molecule has 0 bridgehead atoms. The standard InChI is InChI=1S/C12H18N2O2S/c1-8-3-2-4-9(5-8)6-13-12-14-10(7-17-12)11(15)16/h7-9H,2-6H2,1H3,(H,13,14)(H,15,16). The van der Waals surface area contributed by atoms with Crippen LogP contribution in [0.25, 0.3) is 0 Å². The molecule has 0 amide bonds. The van der Waals surface area contributed by atoms with Gasteiger partial charge in [0.25, 0.3) is 0 Å². The first-order valence-electron chi connectivity index (χ1n) is 6.08. The van der Waals surface area contributed by atoms with Crippen LogP contribution in [0.3, 0.4) is 0 Å². The number of carbonyl (C=O) groups is 1. The van der Waals surface area contributed by atoms with Crippen molar-refractivity contribution in [2.24, 2.45) is 11.8 Å². The highest BCUT2D eigenvalue weighted by atomic mass is 32.1. The van der Waals surface area contributed by atoms with Gasteiger partial charge in [-0.05, 0) is 24.7 Å². The molecule has 0 radical (unpaired) electrons. The molecule has 0 spiro atoms. The van der Waals surface area contributed by atoms with Crippen LogP contribution in [-0.4, -0.2) is 22.6 Å². The van der Waals surface area contributed by atoms with Gasteiger partial charge in [0, 0.05) is 11.9 Å². The fourth-order valence-electron chi connectivity index (χ4n) is 2.43. The molecule has 1 aromatic heterocycles. The number of hydrogen-bond donors (Lipinski definition) is 2. The van der Waals surface area contributed by atoms with Gasteiger partial charge < -0.3 is 10.4 Å². The molecule has 2 rings (SSSR count). The predicted octanol–water partition coefficient (Wildman–Crippen LogP) is 3.08. The quantitative estimate of drug-likeness (QED) is 0.866. The molecule has 2 N–H and O–H groups in total. The number of carboxylic acids is 1. The summed E-state index contributed by atoms with van der Waals surface area (Å²) in [7, 11) is 0. The molecule has 0 saturated heterocycles. The van der Waals surface area contributed by atoms with Gasteiger partial charge in [0.2, 0.25) is 0 Å². The van der Waals surface area contributed by atoms with Crippen LogP contribution in [-0.2, 0) is 0 Å². The highest BCUT2D eigenvalue weighted by Crippen LogP contribution is 2.29. The lowest BCUT2D eigenvalue weighted by Crippen LogP contribution is -2.21. The lowest BCUT2D eigenvalue weighted by molar-refractivity contribution is 0.0691. The highest BCUT2D eigenvalue weighted by Gasteiger charge is 2.19. The Kier molecular flexibility index (Phi) is 3.99. The Morgan fingerprint density at radius 2 is 2.47 bits per heavy atom. The molecular formula is C12H18N2O2S. The minimum atomic E-state index is -0.958. The third-order valence-corrected chi connectivity index (χ3v) is 4.11. The van der Waals surface area contributed by atoms with Gasteiger partial charge in [0.15, 0.2) is 10.8 Å². The molecule has 1 aromatic rings. The van der Waals surface area contributed by atoms with Crippen molar-refractivity contribution in [3.05, 3.63) is 11.1 Å². The van der Waals surface area contributed by atoms with E-state index in [0.717, 1.165) is 17.6 Å². The van der Waals surface area contributed by atoms with E-state index in [2.05, 4.69) is 17.2 Å². The Hall–Kier alpha value is -1.10. The van der Waals surface area contributed by atoms with Crippen molar-refractivity contribution in [2.45, 2.75) is 32.6 Å². The Morgan fingerprint density at radius 3 is 3.12 bits per heavy atom. The number of anilines is 1. The van der Waals surface area contributed by atoms with Crippen LogP contribution >= 0.6 is 11.3 Å².